The van der Waals surface area contributed by atoms with Gasteiger partial charge in [0.05, 0.1) is 13.3 Å². The molecule has 0 aliphatic carbocycles. The zero-order valence-corrected chi connectivity index (χ0v) is 19.8. The number of para-hydroxylation sites is 1. The van der Waals surface area contributed by atoms with Gasteiger partial charge >= 0.3 is 0 Å². The molecule has 1 saturated heterocycles. The van der Waals surface area contributed by atoms with Crippen molar-refractivity contribution in [1.29, 1.82) is 0 Å². The van der Waals surface area contributed by atoms with E-state index in [1.807, 2.05) is 54.6 Å². The lowest BCUT2D eigenvalue weighted by atomic mass is 10.1. The number of rotatable bonds is 7. The van der Waals surface area contributed by atoms with Crippen molar-refractivity contribution in [3.63, 3.8) is 0 Å². The second kappa shape index (κ2) is 9.77. The van der Waals surface area contributed by atoms with Crippen LogP contribution in [0.4, 0.5) is 5.69 Å². The van der Waals surface area contributed by atoms with E-state index < -0.39 is 0 Å². The van der Waals surface area contributed by atoms with E-state index in [-0.39, 0.29) is 12.1 Å². The first-order valence-corrected chi connectivity index (χ1v) is 12.0. The summed E-state index contributed by atoms with van der Waals surface area (Å²) in [6.45, 7) is 5.78. The van der Waals surface area contributed by atoms with Gasteiger partial charge in [0, 0.05) is 54.3 Å². The lowest BCUT2D eigenvalue weighted by Gasteiger charge is -2.40. The molecule has 4 aromatic rings. The molecule has 1 atom stereocenters. The van der Waals surface area contributed by atoms with Crippen molar-refractivity contribution in [3.8, 4) is 5.75 Å². The molecule has 34 heavy (non-hydrogen) atoms. The number of amides is 1. The van der Waals surface area contributed by atoms with Crippen LogP contribution in [0.25, 0.3) is 21.9 Å². The molecule has 6 nitrogen and oxygen atoms in total. The van der Waals surface area contributed by atoms with Crippen molar-refractivity contribution in [2.75, 3.05) is 38.2 Å². The molecule has 5 rings (SSSR count). The van der Waals surface area contributed by atoms with Crippen LogP contribution in [0.3, 0.4) is 0 Å². The maximum atomic E-state index is 13.2. The molecule has 1 fully saturated rings. The van der Waals surface area contributed by atoms with Gasteiger partial charge in [0.1, 0.15) is 16.9 Å². The van der Waals surface area contributed by atoms with E-state index in [2.05, 4.69) is 34.2 Å². The molecule has 0 bridgehead atoms. The molecule has 1 amide bonds. The van der Waals surface area contributed by atoms with Gasteiger partial charge in [-0.05, 0) is 42.8 Å². The Hall–Kier alpha value is -3.51. The number of hydrogen-bond donors (Lipinski definition) is 1. The van der Waals surface area contributed by atoms with Crippen LogP contribution in [0.1, 0.15) is 30.1 Å². The van der Waals surface area contributed by atoms with Gasteiger partial charge in [-0.2, -0.15) is 0 Å². The fourth-order valence-corrected chi connectivity index (χ4v) is 4.82. The van der Waals surface area contributed by atoms with Crippen molar-refractivity contribution in [2.24, 2.45) is 0 Å². The lowest BCUT2D eigenvalue weighted by Crippen LogP contribution is -2.56. The molecule has 2 heterocycles. The minimum atomic E-state index is -0.0409. The number of carbonyl (C=O) groups is 1. The first kappa shape index (κ1) is 22.3. The van der Waals surface area contributed by atoms with Gasteiger partial charge in [0.25, 0.3) is 5.91 Å². The highest BCUT2D eigenvalue weighted by atomic mass is 16.5. The quantitative estimate of drug-likeness (QED) is 0.410. The largest absolute Gasteiger partial charge is 0.497 e. The standard InChI is InChI=1S/C28H31N3O3/c1-3-7-27(31-16-14-30(15-17-31)21-8-6-9-22(19-21)33-2)29-28(32)20-12-13-26-24(18-20)23-10-4-5-11-25(23)34-26/h4-6,8-13,18-19,27H,3,7,14-17H2,1-2H3,(H,29,32). The molecule has 0 saturated carbocycles. The van der Waals surface area contributed by atoms with E-state index >= 15 is 0 Å². The summed E-state index contributed by atoms with van der Waals surface area (Å²) in [5.41, 5.74) is 3.48. The average molecular weight is 458 g/mol. The number of benzene rings is 3. The number of piperazine rings is 1. The lowest BCUT2D eigenvalue weighted by molar-refractivity contribution is 0.0824. The number of anilines is 1. The second-order valence-corrected chi connectivity index (χ2v) is 8.81. The van der Waals surface area contributed by atoms with Gasteiger partial charge in [0.2, 0.25) is 0 Å². The Morgan fingerprint density at radius 1 is 0.971 bits per heavy atom. The zero-order valence-electron chi connectivity index (χ0n) is 19.8. The summed E-state index contributed by atoms with van der Waals surface area (Å²) in [6, 6.07) is 21.8. The first-order valence-electron chi connectivity index (χ1n) is 12.0. The van der Waals surface area contributed by atoms with E-state index in [4.69, 9.17) is 9.15 Å². The molecule has 0 spiro atoms. The maximum Gasteiger partial charge on any atom is 0.252 e. The van der Waals surface area contributed by atoms with Gasteiger partial charge < -0.3 is 19.4 Å². The second-order valence-electron chi connectivity index (χ2n) is 8.81. The van der Waals surface area contributed by atoms with Crippen LogP contribution in [-0.2, 0) is 0 Å². The minimum absolute atomic E-state index is 0.0155. The summed E-state index contributed by atoms with van der Waals surface area (Å²) >= 11 is 0. The molecule has 1 aliphatic heterocycles. The van der Waals surface area contributed by atoms with Gasteiger partial charge in [-0.15, -0.1) is 0 Å². The van der Waals surface area contributed by atoms with Crippen LogP contribution in [0, 0.1) is 0 Å². The van der Waals surface area contributed by atoms with Crippen molar-refractivity contribution in [3.05, 3.63) is 72.3 Å². The number of hydrogen-bond acceptors (Lipinski definition) is 5. The Morgan fingerprint density at radius 3 is 2.56 bits per heavy atom. The Bertz CT molecular complexity index is 1290. The smallest absolute Gasteiger partial charge is 0.252 e. The number of methoxy groups -OCH3 is 1. The molecule has 1 aromatic heterocycles. The Labute approximate surface area is 200 Å². The highest BCUT2D eigenvalue weighted by Gasteiger charge is 2.25. The summed E-state index contributed by atoms with van der Waals surface area (Å²) in [4.78, 5) is 18.0. The van der Waals surface area contributed by atoms with Crippen LogP contribution < -0.4 is 15.0 Å². The van der Waals surface area contributed by atoms with Crippen LogP contribution in [-0.4, -0.2) is 50.3 Å². The molecule has 3 aromatic carbocycles. The van der Waals surface area contributed by atoms with E-state index in [1.54, 1.807) is 7.11 Å². The predicted octanol–water partition coefficient (Wildman–Crippen LogP) is 5.27. The van der Waals surface area contributed by atoms with E-state index in [0.29, 0.717) is 5.56 Å². The van der Waals surface area contributed by atoms with Crippen LogP contribution in [0.5, 0.6) is 5.75 Å². The number of fused-ring (bicyclic) bond motifs is 3. The summed E-state index contributed by atoms with van der Waals surface area (Å²) < 4.78 is 11.3. The topological polar surface area (TPSA) is 58.0 Å². The van der Waals surface area contributed by atoms with Gasteiger partial charge in [0.15, 0.2) is 0 Å². The number of nitrogens with zero attached hydrogens (tertiary/aromatic N) is 2. The molecule has 1 N–H and O–H groups in total. The molecule has 0 radical (unpaired) electrons. The third kappa shape index (κ3) is 4.46. The Morgan fingerprint density at radius 2 is 1.76 bits per heavy atom. The molecule has 176 valence electrons. The zero-order chi connectivity index (χ0) is 23.5. The fraction of sp³-hybridized carbons (Fsp3) is 0.321. The number of carbonyl (C=O) groups excluding carboxylic acids is 1. The van der Waals surface area contributed by atoms with Crippen molar-refractivity contribution >= 4 is 33.5 Å². The summed E-state index contributed by atoms with van der Waals surface area (Å²) in [5, 5.41) is 5.31. The average Bonchev–Trinajstić information content (AvgIpc) is 3.26. The number of furan rings is 1. The Kier molecular flexibility index (Phi) is 6.41. The number of nitrogens with one attached hydrogen (secondary N) is 1. The molecular formula is C28H31N3O3. The predicted molar refractivity (Wildman–Crippen MR) is 137 cm³/mol. The highest BCUT2D eigenvalue weighted by molar-refractivity contribution is 6.08. The SMILES string of the molecule is CCCC(NC(=O)c1ccc2oc3ccccc3c2c1)N1CCN(c2cccc(OC)c2)CC1. The molecule has 6 heteroatoms. The number of ether oxygens (including phenoxy) is 1. The molecular weight excluding hydrogens is 426 g/mol. The van der Waals surface area contributed by atoms with E-state index in [1.165, 1.54) is 5.69 Å². The Balaban J connectivity index is 1.28. The summed E-state index contributed by atoms with van der Waals surface area (Å²) in [5.74, 6) is 0.833. The normalized spacial score (nSPS) is 15.5. The summed E-state index contributed by atoms with van der Waals surface area (Å²) in [7, 11) is 1.70. The molecule has 1 aliphatic rings. The van der Waals surface area contributed by atoms with Crippen molar-refractivity contribution in [2.45, 2.75) is 25.9 Å². The minimum Gasteiger partial charge on any atom is -0.497 e. The van der Waals surface area contributed by atoms with Gasteiger partial charge in [-0.3, -0.25) is 9.69 Å². The molecule has 1 unspecified atom stereocenters. The van der Waals surface area contributed by atoms with Crippen LogP contribution in [0.15, 0.2) is 71.1 Å². The van der Waals surface area contributed by atoms with Crippen molar-refractivity contribution < 1.29 is 13.9 Å². The third-order valence-electron chi connectivity index (χ3n) is 6.67. The van der Waals surface area contributed by atoms with Crippen LogP contribution >= 0.6 is 0 Å². The fourth-order valence-electron chi connectivity index (χ4n) is 4.82. The monoisotopic (exact) mass is 457 g/mol. The third-order valence-corrected chi connectivity index (χ3v) is 6.67. The van der Waals surface area contributed by atoms with Crippen LogP contribution in [0.2, 0.25) is 0 Å². The summed E-state index contributed by atoms with van der Waals surface area (Å²) in [6.07, 6.45) is 1.94. The van der Waals surface area contributed by atoms with E-state index in [0.717, 1.165) is 66.7 Å². The van der Waals surface area contributed by atoms with Gasteiger partial charge in [-0.1, -0.05) is 37.6 Å². The first-order chi connectivity index (χ1) is 16.7. The van der Waals surface area contributed by atoms with Crippen molar-refractivity contribution in [1.82, 2.24) is 10.2 Å². The highest BCUT2D eigenvalue weighted by Crippen LogP contribution is 2.29. The maximum absolute atomic E-state index is 13.2. The van der Waals surface area contributed by atoms with E-state index in [9.17, 15) is 4.79 Å². The van der Waals surface area contributed by atoms with Gasteiger partial charge in [-0.25, -0.2) is 0 Å².